The zero-order chi connectivity index (χ0) is 13.3. The van der Waals surface area contributed by atoms with Gasteiger partial charge in [0, 0.05) is 13.1 Å². The predicted octanol–water partition coefficient (Wildman–Crippen LogP) is 3.52. The normalized spacial score (nSPS) is 26.1. The first-order chi connectivity index (χ1) is 8.49. The van der Waals surface area contributed by atoms with Gasteiger partial charge in [-0.1, -0.05) is 18.3 Å². The molecule has 0 bridgehead atoms. The highest BCUT2D eigenvalue weighted by Crippen LogP contribution is 2.34. The van der Waals surface area contributed by atoms with Crippen LogP contribution in [0.2, 0.25) is 0 Å². The van der Waals surface area contributed by atoms with Crippen LogP contribution in [0.1, 0.15) is 56.2 Å². The molecule has 0 aliphatic heterocycles. The third-order valence-electron chi connectivity index (χ3n) is 4.04. The van der Waals surface area contributed by atoms with Gasteiger partial charge < -0.3 is 10.0 Å². The van der Waals surface area contributed by atoms with Crippen molar-refractivity contribution in [2.75, 3.05) is 11.9 Å². The smallest absolute Gasteiger partial charge is 0.185 e. The summed E-state index contributed by atoms with van der Waals surface area (Å²) in [7, 11) is 2.14. The van der Waals surface area contributed by atoms with Crippen LogP contribution in [0.25, 0.3) is 0 Å². The monoisotopic (exact) mass is 268 g/mol. The second-order valence-electron chi connectivity index (χ2n) is 5.65. The van der Waals surface area contributed by atoms with Gasteiger partial charge >= 0.3 is 0 Å². The molecule has 1 atom stereocenters. The van der Waals surface area contributed by atoms with Crippen LogP contribution in [0.4, 0.5) is 5.13 Å². The summed E-state index contributed by atoms with van der Waals surface area (Å²) in [6.07, 6.45) is 4.77. The molecule has 1 aromatic heterocycles. The zero-order valence-corrected chi connectivity index (χ0v) is 12.6. The zero-order valence-electron chi connectivity index (χ0n) is 11.8. The first-order valence-corrected chi connectivity index (χ1v) is 7.69. The topological polar surface area (TPSA) is 36.4 Å². The molecular weight excluding hydrogens is 244 g/mol. The molecule has 1 aliphatic rings. The van der Waals surface area contributed by atoms with Crippen molar-refractivity contribution in [2.45, 2.75) is 58.6 Å². The number of aryl methyl sites for hydroxylation is 1. The molecule has 1 N–H and O–H groups in total. The maximum Gasteiger partial charge on any atom is 0.185 e. The molecule has 0 spiro atoms. The maximum atomic E-state index is 9.70. The molecule has 102 valence electrons. The molecule has 1 unspecified atom stereocenters. The van der Waals surface area contributed by atoms with E-state index in [0.717, 1.165) is 21.6 Å². The number of rotatable bonds is 3. The van der Waals surface area contributed by atoms with Crippen LogP contribution in [0.15, 0.2) is 0 Å². The minimum atomic E-state index is -0.406. The standard InChI is InChI=1S/C14H24N2OS/c1-9-5-7-12(8-6-9)16(4)14-15-10(2)13(18-14)11(3)17/h9,11-12,17H,5-8H2,1-4H3. The Morgan fingerprint density at radius 3 is 2.44 bits per heavy atom. The Balaban J connectivity index is 2.09. The van der Waals surface area contributed by atoms with Gasteiger partial charge in [0.25, 0.3) is 0 Å². The molecule has 4 heteroatoms. The van der Waals surface area contributed by atoms with Gasteiger partial charge in [0.2, 0.25) is 0 Å². The minimum absolute atomic E-state index is 0.406. The second-order valence-corrected chi connectivity index (χ2v) is 6.66. The number of aliphatic hydroxyl groups is 1. The second kappa shape index (κ2) is 5.57. The van der Waals surface area contributed by atoms with E-state index in [1.807, 2.05) is 13.8 Å². The van der Waals surface area contributed by atoms with Crippen molar-refractivity contribution in [3.8, 4) is 0 Å². The molecular formula is C14H24N2OS. The van der Waals surface area contributed by atoms with Crippen molar-refractivity contribution in [1.29, 1.82) is 0 Å². The lowest BCUT2D eigenvalue weighted by atomic mass is 9.87. The molecule has 3 nitrogen and oxygen atoms in total. The van der Waals surface area contributed by atoms with Gasteiger partial charge in [0.05, 0.1) is 16.7 Å². The lowest BCUT2D eigenvalue weighted by Crippen LogP contribution is -2.34. The van der Waals surface area contributed by atoms with Crippen molar-refractivity contribution < 1.29 is 5.11 Å². The van der Waals surface area contributed by atoms with E-state index >= 15 is 0 Å². The Bertz CT molecular complexity index is 394. The molecule has 0 saturated heterocycles. The molecule has 1 heterocycles. The lowest BCUT2D eigenvalue weighted by molar-refractivity contribution is 0.202. The summed E-state index contributed by atoms with van der Waals surface area (Å²) in [5.41, 5.74) is 0.973. The van der Waals surface area contributed by atoms with Crippen LogP contribution in [0.5, 0.6) is 0 Å². The van der Waals surface area contributed by atoms with Crippen LogP contribution >= 0.6 is 11.3 Å². The minimum Gasteiger partial charge on any atom is -0.388 e. The first-order valence-electron chi connectivity index (χ1n) is 6.87. The van der Waals surface area contributed by atoms with Crippen molar-refractivity contribution in [1.82, 2.24) is 4.98 Å². The number of hydrogen-bond acceptors (Lipinski definition) is 4. The summed E-state index contributed by atoms with van der Waals surface area (Å²) < 4.78 is 0. The predicted molar refractivity (Wildman–Crippen MR) is 77.3 cm³/mol. The molecule has 0 aromatic carbocycles. The summed E-state index contributed by atoms with van der Waals surface area (Å²) in [4.78, 5) is 7.93. The molecule has 1 fully saturated rings. The number of nitrogens with zero attached hydrogens (tertiary/aromatic N) is 2. The quantitative estimate of drug-likeness (QED) is 0.911. The fraction of sp³-hybridized carbons (Fsp3) is 0.786. The van der Waals surface area contributed by atoms with E-state index in [1.165, 1.54) is 25.7 Å². The van der Waals surface area contributed by atoms with E-state index in [1.54, 1.807) is 11.3 Å². The summed E-state index contributed by atoms with van der Waals surface area (Å²) in [6.45, 7) is 6.14. The fourth-order valence-electron chi connectivity index (χ4n) is 2.72. The molecule has 2 rings (SSSR count). The molecule has 18 heavy (non-hydrogen) atoms. The van der Waals surface area contributed by atoms with Crippen molar-refractivity contribution in [3.63, 3.8) is 0 Å². The van der Waals surface area contributed by atoms with Crippen LogP contribution in [-0.4, -0.2) is 23.2 Å². The third-order valence-corrected chi connectivity index (χ3v) is 5.45. The first kappa shape index (κ1) is 13.8. The van der Waals surface area contributed by atoms with Crippen LogP contribution in [-0.2, 0) is 0 Å². The van der Waals surface area contributed by atoms with E-state index in [0.29, 0.717) is 6.04 Å². The number of anilines is 1. The van der Waals surface area contributed by atoms with E-state index in [2.05, 4.69) is 23.9 Å². The van der Waals surface area contributed by atoms with E-state index in [-0.39, 0.29) is 0 Å². The lowest BCUT2D eigenvalue weighted by Gasteiger charge is -2.33. The third kappa shape index (κ3) is 2.86. The Morgan fingerprint density at radius 2 is 1.94 bits per heavy atom. The van der Waals surface area contributed by atoms with Crippen molar-refractivity contribution >= 4 is 16.5 Å². The molecule has 0 radical (unpaired) electrons. The van der Waals surface area contributed by atoms with Gasteiger partial charge in [-0.3, -0.25) is 0 Å². The van der Waals surface area contributed by atoms with Gasteiger partial charge in [-0.05, 0) is 45.4 Å². The molecule has 1 aliphatic carbocycles. The highest BCUT2D eigenvalue weighted by Gasteiger charge is 2.24. The van der Waals surface area contributed by atoms with Gasteiger partial charge in [0.15, 0.2) is 5.13 Å². The highest BCUT2D eigenvalue weighted by molar-refractivity contribution is 7.15. The Hall–Kier alpha value is -0.610. The average molecular weight is 268 g/mol. The van der Waals surface area contributed by atoms with Crippen LogP contribution in [0, 0.1) is 12.8 Å². The van der Waals surface area contributed by atoms with Crippen molar-refractivity contribution in [3.05, 3.63) is 10.6 Å². The summed E-state index contributed by atoms with van der Waals surface area (Å²) in [6, 6.07) is 0.619. The molecule has 1 aromatic rings. The summed E-state index contributed by atoms with van der Waals surface area (Å²) in [5, 5.41) is 10.8. The van der Waals surface area contributed by atoms with Gasteiger partial charge in [0.1, 0.15) is 0 Å². The highest BCUT2D eigenvalue weighted by atomic mass is 32.1. The largest absolute Gasteiger partial charge is 0.388 e. The van der Waals surface area contributed by atoms with E-state index in [4.69, 9.17) is 0 Å². The number of thiazole rings is 1. The van der Waals surface area contributed by atoms with Gasteiger partial charge in [-0.2, -0.15) is 0 Å². The van der Waals surface area contributed by atoms with E-state index < -0.39 is 6.10 Å². The molecule has 0 amide bonds. The average Bonchev–Trinajstić information content (AvgIpc) is 2.71. The molecule has 1 saturated carbocycles. The number of aliphatic hydroxyl groups excluding tert-OH is 1. The fourth-order valence-corrected chi connectivity index (χ4v) is 3.75. The Kier molecular flexibility index (Phi) is 4.28. The summed E-state index contributed by atoms with van der Waals surface area (Å²) in [5.74, 6) is 0.876. The Labute approximate surface area is 114 Å². The summed E-state index contributed by atoms with van der Waals surface area (Å²) >= 11 is 1.63. The van der Waals surface area contributed by atoms with Gasteiger partial charge in [-0.25, -0.2) is 4.98 Å². The van der Waals surface area contributed by atoms with Crippen molar-refractivity contribution in [2.24, 2.45) is 5.92 Å². The number of hydrogen-bond donors (Lipinski definition) is 1. The van der Waals surface area contributed by atoms with E-state index in [9.17, 15) is 5.11 Å². The SMILES string of the molecule is Cc1nc(N(C)C2CCC(C)CC2)sc1C(C)O. The maximum absolute atomic E-state index is 9.70. The van der Waals surface area contributed by atoms with Gasteiger partial charge in [-0.15, -0.1) is 0 Å². The van der Waals surface area contributed by atoms with Crippen LogP contribution in [0.3, 0.4) is 0 Å². The Morgan fingerprint density at radius 1 is 1.33 bits per heavy atom. The number of aromatic nitrogens is 1. The van der Waals surface area contributed by atoms with Crippen LogP contribution < -0.4 is 4.90 Å².